The minimum absolute atomic E-state index is 0.189. The van der Waals surface area contributed by atoms with Crippen LogP contribution in [0.15, 0.2) is 18.2 Å². The predicted octanol–water partition coefficient (Wildman–Crippen LogP) is 5.59. The molecule has 0 spiro atoms. The molecule has 0 aromatic heterocycles. The summed E-state index contributed by atoms with van der Waals surface area (Å²) in [6.07, 6.45) is 1.80. The van der Waals surface area contributed by atoms with Crippen molar-refractivity contribution in [3.8, 4) is 0 Å². The maximum absolute atomic E-state index is 12.1. The molecule has 128 valence electrons. The van der Waals surface area contributed by atoms with Crippen LogP contribution in [-0.2, 0) is 15.4 Å². The Kier molecular flexibility index (Phi) is 6.55. The van der Waals surface area contributed by atoms with Crippen LogP contribution in [-0.4, -0.2) is 29.7 Å². The molecule has 1 saturated heterocycles. The average molecular weight is 447 g/mol. The summed E-state index contributed by atoms with van der Waals surface area (Å²) in [5.41, 5.74) is 3.58. The summed E-state index contributed by atoms with van der Waals surface area (Å²) in [7, 11) is 0. The van der Waals surface area contributed by atoms with Crippen LogP contribution < -0.4 is 0 Å². The van der Waals surface area contributed by atoms with Gasteiger partial charge in [0.05, 0.1) is 0 Å². The molecular weight excluding hydrogens is 422 g/mol. The normalized spacial score (nSPS) is 16.5. The number of carbonyl (C=O) groups excluding carboxylic acids is 1. The lowest BCUT2D eigenvalue weighted by Crippen LogP contribution is -2.41. The van der Waals surface area contributed by atoms with Gasteiger partial charge in [0.15, 0.2) is 0 Å². The van der Waals surface area contributed by atoms with Gasteiger partial charge in [-0.05, 0) is 56.2 Å². The number of hydrogen-bond donors (Lipinski definition) is 0. The van der Waals surface area contributed by atoms with E-state index in [9.17, 15) is 4.79 Å². The molecule has 23 heavy (non-hydrogen) atoms. The van der Waals surface area contributed by atoms with Crippen molar-refractivity contribution >= 4 is 38.0 Å². The summed E-state index contributed by atoms with van der Waals surface area (Å²) in [6, 6.07) is 6.80. The molecule has 2 rings (SSSR count). The highest BCUT2D eigenvalue weighted by atomic mass is 79.9. The van der Waals surface area contributed by atoms with Crippen molar-refractivity contribution in [2.75, 3.05) is 13.1 Å². The van der Waals surface area contributed by atoms with Gasteiger partial charge in [-0.1, -0.05) is 50.1 Å². The number of carbonyl (C=O) groups is 1. The summed E-state index contributed by atoms with van der Waals surface area (Å²) < 4.78 is 5.47. The summed E-state index contributed by atoms with van der Waals surface area (Å²) in [5.74, 6) is 0.519. The van der Waals surface area contributed by atoms with Crippen LogP contribution in [0.4, 0.5) is 4.79 Å². The smallest absolute Gasteiger partial charge is 0.410 e. The van der Waals surface area contributed by atoms with Gasteiger partial charge in [-0.25, -0.2) is 4.79 Å². The number of rotatable bonds is 3. The van der Waals surface area contributed by atoms with Gasteiger partial charge in [-0.2, -0.15) is 0 Å². The third-order valence-corrected chi connectivity index (χ3v) is 5.30. The minimum Gasteiger partial charge on any atom is -0.444 e. The molecule has 1 fully saturated rings. The molecule has 1 heterocycles. The zero-order valence-corrected chi connectivity index (χ0v) is 17.2. The molecule has 1 aromatic carbocycles. The van der Waals surface area contributed by atoms with Crippen molar-refractivity contribution < 1.29 is 9.53 Å². The van der Waals surface area contributed by atoms with E-state index in [1.54, 1.807) is 0 Å². The number of hydrogen-bond acceptors (Lipinski definition) is 2. The number of halogens is 2. The second-order valence-electron chi connectivity index (χ2n) is 7.09. The van der Waals surface area contributed by atoms with E-state index in [1.807, 2.05) is 25.7 Å². The molecule has 0 aliphatic carbocycles. The fourth-order valence-corrected chi connectivity index (χ4v) is 3.55. The molecule has 0 atom stereocenters. The standard InChI is InChI=1S/C18H25Br2NO2/c1-18(2,3)23-17(22)21-6-4-15(5-7-21)16-9-13(11-19)8-14(10-16)12-20/h8-10,15H,4-7,11-12H2,1-3H3. The monoisotopic (exact) mass is 445 g/mol. The Bertz CT molecular complexity index is 524. The first-order valence-electron chi connectivity index (χ1n) is 8.05. The zero-order valence-electron chi connectivity index (χ0n) is 14.1. The van der Waals surface area contributed by atoms with Gasteiger partial charge in [0, 0.05) is 23.7 Å². The lowest BCUT2D eigenvalue weighted by atomic mass is 9.88. The third kappa shape index (κ3) is 5.49. The zero-order chi connectivity index (χ0) is 17.0. The van der Waals surface area contributed by atoms with E-state index in [4.69, 9.17) is 4.74 Å². The van der Waals surface area contributed by atoms with Crippen LogP contribution in [0.5, 0.6) is 0 Å². The SMILES string of the molecule is CC(C)(C)OC(=O)N1CCC(c2cc(CBr)cc(CBr)c2)CC1. The summed E-state index contributed by atoms with van der Waals surface area (Å²) >= 11 is 7.10. The second kappa shape index (κ2) is 8.02. The largest absolute Gasteiger partial charge is 0.444 e. The van der Waals surface area contributed by atoms with E-state index in [1.165, 1.54) is 16.7 Å². The van der Waals surface area contributed by atoms with E-state index < -0.39 is 5.60 Å². The molecular formula is C18H25Br2NO2. The predicted molar refractivity (Wildman–Crippen MR) is 101 cm³/mol. The van der Waals surface area contributed by atoms with E-state index >= 15 is 0 Å². The van der Waals surface area contributed by atoms with Crippen LogP contribution in [0.2, 0.25) is 0 Å². The number of alkyl halides is 2. The number of ether oxygens (including phenoxy) is 1. The molecule has 1 aliphatic rings. The van der Waals surface area contributed by atoms with Crippen molar-refractivity contribution in [3.05, 3.63) is 34.9 Å². The Morgan fingerprint density at radius 2 is 1.65 bits per heavy atom. The van der Waals surface area contributed by atoms with Crippen LogP contribution in [0, 0.1) is 0 Å². The van der Waals surface area contributed by atoms with E-state index in [0.29, 0.717) is 5.92 Å². The lowest BCUT2D eigenvalue weighted by Gasteiger charge is -2.33. The molecule has 0 bridgehead atoms. The Labute approximate surface area is 156 Å². The van der Waals surface area contributed by atoms with E-state index in [2.05, 4.69) is 50.1 Å². The summed E-state index contributed by atoms with van der Waals surface area (Å²) in [4.78, 5) is 14.0. The van der Waals surface area contributed by atoms with E-state index in [0.717, 1.165) is 36.6 Å². The molecule has 3 nitrogen and oxygen atoms in total. The number of benzene rings is 1. The molecule has 0 N–H and O–H groups in total. The van der Waals surface area contributed by atoms with Crippen molar-refractivity contribution in [3.63, 3.8) is 0 Å². The molecule has 5 heteroatoms. The summed E-state index contributed by atoms with van der Waals surface area (Å²) in [6.45, 7) is 7.26. The quantitative estimate of drug-likeness (QED) is 0.566. The van der Waals surface area contributed by atoms with Crippen LogP contribution >= 0.6 is 31.9 Å². The van der Waals surface area contributed by atoms with Gasteiger partial charge >= 0.3 is 6.09 Å². The first-order chi connectivity index (χ1) is 10.8. The molecule has 0 unspecified atom stereocenters. The molecule has 1 aromatic rings. The highest BCUT2D eigenvalue weighted by Gasteiger charge is 2.27. The van der Waals surface area contributed by atoms with Gasteiger partial charge in [-0.3, -0.25) is 0 Å². The Balaban J connectivity index is 2.00. The average Bonchev–Trinajstić information content (AvgIpc) is 2.52. The van der Waals surface area contributed by atoms with Gasteiger partial charge in [0.1, 0.15) is 5.60 Å². The summed E-state index contributed by atoms with van der Waals surface area (Å²) in [5, 5.41) is 1.75. The molecule has 1 aliphatic heterocycles. The van der Waals surface area contributed by atoms with Crippen LogP contribution in [0.1, 0.15) is 56.2 Å². The number of piperidine rings is 1. The fraction of sp³-hybridized carbons (Fsp3) is 0.611. The van der Waals surface area contributed by atoms with Gasteiger partial charge in [-0.15, -0.1) is 0 Å². The second-order valence-corrected chi connectivity index (χ2v) is 8.21. The van der Waals surface area contributed by atoms with Gasteiger partial charge in [0.2, 0.25) is 0 Å². The van der Waals surface area contributed by atoms with Crippen molar-refractivity contribution in [2.24, 2.45) is 0 Å². The maximum atomic E-state index is 12.1. The minimum atomic E-state index is -0.428. The van der Waals surface area contributed by atoms with Crippen LogP contribution in [0.25, 0.3) is 0 Å². The van der Waals surface area contributed by atoms with Crippen molar-refractivity contribution in [1.82, 2.24) is 4.90 Å². The molecule has 0 radical (unpaired) electrons. The fourth-order valence-electron chi connectivity index (χ4n) is 2.90. The Morgan fingerprint density at radius 1 is 1.13 bits per heavy atom. The highest BCUT2D eigenvalue weighted by Crippen LogP contribution is 2.31. The van der Waals surface area contributed by atoms with Gasteiger partial charge in [0.25, 0.3) is 0 Å². The first kappa shape index (κ1) is 18.8. The van der Waals surface area contributed by atoms with Gasteiger partial charge < -0.3 is 9.64 Å². The first-order valence-corrected chi connectivity index (χ1v) is 10.3. The Hall–Kier alpha value is -0.550. The van der Waals surface area contributed by atoms with E-state index in [-0.39, 0.29) is 6.09 Å². The maximum Gasteiger partial charge on any atom is 0.410 e. The number of nitrogens with zero attached hydrogens (tertiary/aromatic N) is 1. The Morgan fingerprint density at radius 3 is 2.09 bits per heavy atom. The number of amides is 1. The molecule has 1 amide bonds. The highest BCUT2D eigenvalue weighted by molar-refractivity contribution is 9.08. The lowest BCUT2D eigenvalue weighted by molar-refractivity contribution is 0.0205. The van der Waals surface area contributed by atoms with Crippen molar-refractivity contribution in [2.45, 2.75) is 55.8 Å². The topological polar surface area (TPSA) is 29.5 Å². The third-order valence-electron chi connectivity index (χ3n) is 4.00. The van der Waals surface area contributed by atoms with Crippen LogP contribution in [0.3, 0.4) is 0 Å². The van der Waals surface area contributed by atoms with Crippen molar-refractivity contribution in [1.29, 1.82) is 0 Å². The molecule has 0 saturated carbocycles. The number of likely N-dealkylation sites (tertiary alicyclic amines) is 1.